The first-order chi connectivity index (χ1) is 10.6. The van der Waals surface area contributed by atoms with Crippen LogP contribution in [0.5, 0.6) is 5.75 Å². The number of likely N-dealkylation sites (tertiary alicyclic amines) is 1. The van der Waals surface area contributed by atoms with E-state index in [9.17, 15) is 4.79 Å². The number of aromatic nitrogens is 1. The van der Waals surface area contributed by atoms with Crippen LogP contribution >= 0.6 is 0 Å². The van der Waals surface area contributed by atoms with Gasteiger partial charge in [-0.2, -0.15) is 0 Å². The second-order valence-corrected chi connectivity index (χ2v) is 22.6. The summed E-state index contributed by atoms with van der Waals surface area (Å²) < 4.78 is 12.6. The molecule has 1 aromatic rings. The molecule has 1 fully saturated rings. The molecule has 1 atom stereocenters. The molecule has 1 aliphatic heterocycles. The van der Waals surface area contributed by atoms with Crippen molar-refractivity contribution in [2.75, 3.05) is 13.2 Å². The third kappa shape index (κ3) is 5.26. The van der Waals surface area contributed by atoms with Gasteiger partial charge >= 0.3 is 143 Å². The number of pyridine rings is 1. The fraction of sp³-hybridized carbons (Fsp3) is 0.647. The molecule has 5 nitrogen and oxygen atoms in total. The molecule has 0 aliphatic carbocycles. The van der Waals surface area contributed by atoms with E-state index in [0.717, 1.165) is 18.7 Å². The molecule has 0 radical (unpaired) electrons. The molecule has 128 valence electrons. The van der Waals surface area contributed by atoms with E-state index in [2.05, 4.69) is 25.9 Å². The fourth-order valence-electron chi connectivity index (χ4n) is 2.28. The van der Waals surface area contributed by atoms with E-state index >= 15 is 0 Å². The van der Waals surface area contributed by atoms with Crippen LogP contribution in [0.3, 0.4) is 0 Å². The molecule has 0 saturated carbocycles. The van der Waals surface area contributed by atoms with Gasteiger partial charge in [0.25, 0.3) is 0 Å². The molecular weight excluding hydrogens is 399 g/mol. The Morgan fingerprint density at radius 2 is 2.04 bits per heavy atom. The Hall–Kier alpha value is -0.981. The van der Waals surface area contributed by atoms with Gasteiger partial charge in [0.2, 0.25) is 0 Å². The molecule has 6 heteroatoms. The fourth-order valence-corrected chi connectivity index (χ4v) is 5.24. The molecule has 23 heavy (non-hydrogen) atoms. The van der Waals surface area contributed by atoms with Crippen LogP contribution in [0.2, 0.25) is 14.8 Å². The molecule has 1 amide bonds. The molecule has 0 aromatic carbocycles. The maximum atomic E-state index is 12.1. The van der Waals surface area contributed by atoms with Crippen LogP contribution in [0.4, 0.5) is 4.79 Å². The van der Waals surface area contributed by atoms with Crippen molar-refractivity contribution in [2.45, 2.75) is 53.7 Å². The van der Waals surface area contributed by atoms with Crippen LogP contribution in [0.25, 0.3) is 0 Å². The number of amides is 1. The SMILES string of the molecule is CC(C)(C)OC(=O)N1CC[C@H]1COc1cnc[c]([Sn]([CH3])([CH3])[CH3])c1. The van der Waals surface area contributed by atoms with Gasteiger partial charge in [-0.1, -0.05) is 0 Å². The minimum absolute atomic E-state index is 0.0895. The summed E-state index contributed by atoms with van der Waals surface area (Å²) in [6, 6.07) is 2.20. The van der Waals surface area contributed by atoms with Gasteiger partial charge in [0.1, 0.15) is 0 Å². The van der Waals surface area contributed by atoms with Gasteiger partial charge in [-0.25, -0.2) is 0 Å². The Morgan fingerprint density at radius 3 is 2.57 bits per heavy atom. The number of nitrogens with zero attached hydrogens (tertiary/aromatic N) is 2. The summed E-state index contributed by atoms with van der Waals surface area (Å²) in [5.74, 6) is 0.796. The van der Waals surface area contributed by atoms with Crippen LogP contribution in [0, 0.1) is 0 Å². The molecule has 0 spiro atoms. The first kappa shape index (κ1) is 18.4. The molecular formula is C17H28N2O3Sn. The van der Waals surface area contributed by atoms with Gasteiger partial charge in [0.05, 0.1) is 0 Å². The zero-order chi connectivity index (χ0) is 17.3. The van der Waals surface area contributed by atoms with Crippen molar-refractivity contribution in [2.24, 2.45) is 0 Å². The Labute approximate surface area is 143 Å². The predicted octanol–water partition coefficient (Wildman–Crippen LogP) is 3.02. The summed E-state index contributed by atoms with van der Waals surface area (Å²) in [7, 11) is 0. The van der Waals surface area contributed by atoms with Gasteiger partial charge in [-0.3, -0.25) is 0 Å². The van der Waals surface area contributed by atoms with E-state index in [4.69, 9.17) is 9.47 Å². The van der Waals surface area contributed by atoms with Crippen LogP contribution in [-0.2, 0) is 4.74 Å². The monoisotopic (exact) mass is 428 g/mol. The Balaban J connectivity index is 1.90. The summed E-state index contributed by atoms with van der Waals surface area (Å²) >= 11 is -2.13. The van der Waals surface area contributed by atoms with Crippen molar-refractivity contribution in [1.29, 1.82) is 0 Å². The topological polar surface area (TPSA) is 51.7 Å². The second kappa shape index (κ2) is 6.87. The van der Waals surface area contributed by atoms with Crippen molar-refractivity contribution in [3.05, 3.63) is 18.5 Å². The molecule has 0 bridgehead atoms. The van der Waals surface area contributed by atoms with Crippen molar-refractivity contribution in [1.82, 2.24) is 9.88 Å². The first-order valence-electron chi connectivity index (χ1n) is 8.14. The van der Waals surface area contributed by atoms with Crippen LogP contribution < -0.4 is 8.32 Å². The van der Waals surface area contributed by atoms with E-state index < -0.39 is 24.0 Å². The van der Waals surface area contributed by atoms with E-state index in [1.165, 1.54) is 3.58 Å². The van der Waals surface area contributed by atoms with E-state index in [0.29, 0.717) is 6.61 Å². The molecule has 0 N–H and O–H groups in total. The van der Waals surface area contributed by atoms with Gasteiger partial charge in [0.15, 0.2) is 0 Å². The van der Waals surface area contributed by atoms with Crippen LogP contribution in [-0.4, -0.2) is 59.1 Å². The van der Waals surface area contributed by atoms with Crippen LogP contribution in [0.1, 0.15) is 27.2 Å². The summed E-state index contributed by atoms with van der Waals surface area (Å²) in [4.78, 5) is 25.2. The molecule has 1 aromatic heterocycles. The van der Waals surface area contributed by atoms with Gasteiger partial charge in [-0.15, -0.1) is 0 Å². The zero-order valence-corrected chi connectivity index (χ0v) is 17.9. The van der Waals surface area contributed by atoms with Crippen molar-refractivity contribution in [3.63, 3.8) is 0 Å². The number of carbonyl (C=O) groups is 1. The Morgan fingerprint density at radius 1 is 1.35 bits per heavy atom. The van der Waals surface area contributed by atoms with Gasteiger partial charge < -0.3 is 0 Å². The Kier molecular flexibility index (Phi) is 5.48. The molecule has 2 heterocycles. The summed E-state index contributed by atoms with van der Waals surface area (Å²) in [5, 5.41) is 0. The summed E-state index contributed by atoms with van der Waals surface area (Å²) in [5.41, 5.74) is -0.462. The van der Waals surface area contributed by atoms with Crippen molar-refractivity contribution in [3.8, 4) is 5.75 Å². The standard InChI is InChI=1S/C14H19N2O3.3CH3.Sn/c1-14(2,3)19-13(17)16-8-6-11(16)10-18-12-5-4-7-15-9-12;;;;/h5,7,9,11H,6,8,10H2,1-3H3;3*1H3;/t11-;;;;/m0..../s1. The number of rotatable bonds is 4. The van der Waals surface area contributed by atoms with E-state index in [1.54, 1.807) is 11.1 Å². The van der Waals surface area contributed by atoms with Crippen molar-refractivity contribution < 1.29 is 14.3 Å². The summed E-state index contributed by atoms with van der Waals surface area (Å²) in [6.07, 6.45) is 4.40. The third-order valence-corrected chi connectivity index (χ3v) is 9.52. The summed E-state index contributed by atoms with van der Waals surface area (Å²) in [6.45, 7) is 6.87. The number of carbonyl (C=O) groups excluding carboxylic acids is 1. The predicted molar refractivity (Wildman–Crippen MR) is 94.1 cm³/mol. The average molecular weight is 427 g/mol. The molecule has 0 unspecified atom stereocenters. The van der Waals surface area contributed by atoms with Crippen molar-refractivity contribution >= 4 is 28.0 Å². The van der Waals surface area contributed by atoms with E-state index in [1.807, 2.05) is 27.0 Å². The van der Waals surface area contributed by atoms with Gasteiger partial charge in [-0.05, 0) is 0 Å². The van der Waals surface area contributed by atoms with E-state index in [-0.39, 0.29) is 12.1 Å². The van der Waals surface area contributed by atoms with Crippen LogP contribution in [0.15, 0.2) is 18.5 Å². The maximum absolute atomic E-state index is 12.1. The second-order valence-electron chi connectivity index (χ2n) is 8.09. The molecule has 1 aliphatic rings. The first-order valence-corrected chi connectivity index (χ1v) is 18.1. The number of hydrogen-bond acceptors (Lipinski definition) is 4. The zero-order valence-electron chi connectivity index (χ0n) is 15.0. The number of hydrogen-bond donors (Lipinski definition) is 0. The molecule has 2 rings (SSSR count). The quantitative estimate of drug-likeness (QED) is 0.694. The third-order valence-electron chi connectivity index (χ3n) is 3.79. The number of ether oxygens (including phenoxy) is 2. The Bertz CT molecular complexity index is 564. The minimum atomic E-state index is -2.13. The molecule has 1 saturated heterocycles. The van der Waals surface area contributed by atoms with Gasteiger partial charge in [0, 0.05) is 0 Å². The normalized spacial score (nSPS) is 18.3. The average Bonchev–Trinajstić information content (AvgIpc) is 2.34.